The lowest BCUT2D eigenvalue weighted by Crippen LogP contribution is -2.35. The van der Waals surface area contributed by atoms with Gasteiger partial charge in [0.2, 0.25) is 0 Å². The van der Waals surface area contributed by atoms with Crippen LogP contribution >= 0.6 is 11.8 Å². The molecule has 2 aliphatic heterocycles. The van der Waals surface area contributed by atoms with E-state index in [4.69, 9.17) is 9.47 Å². The van der Waals surface area contributed by atoms with Crippen molar-refractivity contribution in [2.24, 2.45) is 5.92 Å². The molecule has 0 bridgehead atoms. The molecule has 4 aliphatic rings. The summed E-state index contributed by atoms with van der Waals surface area (Å²) in [7, 11) is 0. The summed E-state index contributed by atoms with van der Waals surface area (Å²) in [6, 6.07) is 10.6. The van der Waals surface area contributed by atoms with Gasteiger partial charge >= 0.3 is 0 Å². The number of nitrogens with zero attached hydrogens (tertiary/aromatic N) is 1. The van der Waals surface area contributed by atoms with Gasteiger partial charge in [0.1, 0.15) is 11.4 Å². The fourth-order valence-corrected chi connectivity index (χ4v) is 6.15. The first kappa shape index (κ1) is 22.5. The van der Waals surface area contributed by atoms with Crippen molar-refractivity contribution in [1.29, 1.82) is 0 Å². The van der Waals surface area contributed by atoms with Crippen LogP contribution in [0.4, 0.5) is 0 Å². The Morgan fingerprint density at radius 3 is 2.67 bits per heavy atom. The van der Waals surface area contributed by atoms with Gasteiger partial charge in [0.05, 0.1) is 6.61 Å². The van der Waals surface area contributed by atoms with Crippen molar-refractivity contribution in [2.75, 3.05) is 26.2 Å². The third-order valence-electron chi connectivity index (χ3n) is 6.71. The Morgan fingerprint density at radius 1 is 1.00 bits per heavy atom. The second-order valence-corrected chi connectivity index (χ2v) is 10.4. The quantitative estimate of drug-likeness (QED) is 0.464. The largest absolute Gasteiger partial charge is 0.450 e. The molecule has 1 aromatic rings. The number of piperidine rings is 1. The maximum Gasteiger partial charge on any atom is 0.165 e. The second kappa shape index (κ2) is 10.3. The Kier molecular flexibility index (Phi) is 7.05. The van der Waals surface area contributed by atoms with Crippen LogP contribution in [0.2, 0.25) is 0 Å². The average Bonchev–Trinajstić information content (AvgIpc) is 3.11. The third-order valence-corrected chi connectivity index (χ3v) is 7.95. The molecule has 1 saturated heterocycles. The summed E-state index contributed by atoms with van der Waals surface area (Å²) in [4.78, 5) is 2.51. The standard InChI is InChI=1S/C29H33NO2S/c1-29(31-22-21-30-19-8-3-9-20-30)17-10-13-24(16-18-29)32-28-27(23-11-4-2-5-12-23)25-14-6-7-15-26(25)33-28/h2,4-7,10-18,25-26H,3,8-9,19-22H2,1H3. The summed E-state index contributed by atoms with van der Waals surface area (Å²) >= 11 is 1.81. The lowest BCUT2D eigenvalue weighted by Gasteiger charge is -2.29. The van der Waals surface area contributed by atoms with Crippen molar-refractivity contribution in [2.45, 2.75) is 37.0 Å². The van der Waals surface area contributed by atoms with Gasteiger partial charge in [-0.25, -0.2) is 0 Å². The molecule has 3 unspecified atom stereocenters. The minimum absolute atomic E-state index is 0.340. The lowest BCUT2D eigenvalue weighted by molar-refractivity contribution is 0.0238. The van der Waals surface area contributed by atoms with Gasteiger partial charge in [-0.2, -0.15) is 0 Å². The molecule has 1 aromatic carbocycles. The molecule has 2 heterocycles. The van der Waals surface area contributed by atoms with Crippen molar-refractivity contribution in [3.63, 3.8) is 0 Å². The molecule has 1 fully saturated rings. The first-order chi connectivity index (χ1) is 16.2. The topological polar surface area (TPSA) is 21.7 Å². The van der Waals surface area contributed by atoms with E-state index in [1.165, 1.54) is 43.5 Å². The Labute approximate surface area is 202 Å². The number of rotatable bonds is 7. The van der Waals surface area contributed by atoms with Crippen LogP contribution in [0.3, 0.4) is 0 Å². The van der Waals surface area contributed by atoms with E-state index in [0.717, 1.165) is 24.0 Å². The van der Waals surface area contributed by atoms with Gasteiger partial charge in [0.15, 0.2) is 5.09 Å². The minimum Gasteiger partial charge on any atom is -0.450 e. The number of likely N-dealkylation sites (tertiary alicyclic amines) is 1. The van der Waals surface area contributed by atoms with Gasteiger partial charge in [-0.15, -0.1) is 0 Å². The van der Waals surface area contributed by atoms with Crippen LogP contribution in [0.1, 0.15) is 31.7 Å². The molecular weight excluding hydrogens is 426 g/mol. The van der Waals surface area contributed by atoms with Crippen molar-refractivity contribution in [3.05, 3.63) is 101 Å². The summed E-state index contributed by atoms with van der Waals surface area (Å²) < 4.78 is 12.8. The number of hydrogen-bond donors (Lipinski definition) is 0. The van der Waals surface area contributed by atoms with Crippen LogP contribution in [0.15, 0.2) is 95.9 Å². The monoisotopic (exact) mass is 459 g/mol. The van der Waals surface area contributed by atoms with E-state index in [-0.39, 0.29) is 0 Å². The zero-order chi connectivity index (χ0) is 22.5. The van der Waals surface area contributed by atoms with E-state index in [0.29, 0.717) is 11.2 Å². The van der Waals surface area contributed by atoms with E-state index in [9.17, 15) is 0 Å². The maximum absolute atomic E-state index is 6.52. The molecular formula is C29H33NO2S. The number of allylic oxidation sites excluding steroid dienone is 7. The van der Waals surface area contributed by atoms with E-state index in [1.54, 1.807) is 0 Å². The van der Waals surface area contributed by atoms with Crippen LogP contribution in [0.25, 0.3) is 5.57 Å². The highest BCUT2D eigenvalue weighted by atomic mass is 32.2. The van der Waals surface area contributed by atoms with E-state index in [1.807, 2.05) is 17.8 Å². The average molecular weight is 460 g/mol. The fourth-order valence-electron chi connectivity index (χ4n) is 4.83. The molecule has 2 aliphatic carbocycles. The molecule has 172 valence electrons. The second-order valence-electron chi connectivity index (χ2n) is 9.24. The van der Waals surface area contributed by atoms with E-state index >= 15 is 0 Å². The number of fused-ring (bicyclic) bond motifs is 1. The highest BCUT2D eigenvalue weighted by Gasteiger charge is 2.36. The van der Waals surface area contributed by atoms with Gasteiger partial charge < -0.3 is 14.4 Å². The fraction of sp³-hybridized carbons (Fsp3) is 0.379. The van der Waals surface area contributed by atoms with Crippen LogP contribution in [0, 0.1) is 5.92 Å². The van der Waals surface area contributed by atoms with Crippen LogP contribution in [-0.2, 0) is 9.47 Å². The summed E-state index contributed by atoms with van der Waals surface area (Å²) in [6.45, 7) is 6.27. The Hall–Kier alpha value is -2.27. The molecule has 5 rings (SSSR count). The van der Waals surface area contributed by atoms with Gasteiger partial charge in [-0.1, -0.05) is 78.9 Å². The molecule has 0 spiro atoms. The normalized spacial score (nSPS) is 29.2. The van der Waals surface area contributed by atoms with Crippen LogP contribution in [-0.4, -0.2) is 42.0 Å². The van der Waals surface area contributed by atoms with Gasteiger partial charge in [0, 0.05) is 23.3 Å². The Morgan fingerprint density at radius 2 is 1.82 bits per heavy atom. The van der Waals surface area contributed by atoms with E-state index in [2.05, 4.69) is 90.8 Å². The zero-order valence-electron chi connectivity index (χ0n) is 19.4. The van der Waals surface area contributed by atoms with E-state index < -0.39 is 5.60 Å². The molecule has 0 radical (unpaired) electrons. The van der Waals surface area contributed by atoms with Gasteiger partial charge in [-0.3, -0.25) is 0 Å². The van der Waals surface area contributed by atoms with Gasteiger partial charge in [0.25, 0.3) is 0 Å². The molecule has 3 nitrogen and oxygen atoms in total. The number of ether oxygens (including phenoxy) is 2. The van der Waals surface area contributed by atoms with Crippen molar-refractivity contribution < 1.29 is 9.47 Å². The number of thioether (sulfide) groups is 1. The molecule has 0 saturated carbocycles. The number of benzene rings is 1. The SMILES string of the molecule is CC1(OCCN2CCCCC2)C=CC=C(OC2=C(c3ccccc3)C3C=CC=CC3S2)C=C1. The molecule has 4 heteroatoms. The molecule has 0 N–H and O–H groups in total. The van der Waals surface area contributed by atoms with Crippen molar-refractivity contribution >= 4 is 17.3 Å². The number of hydrogen-bond acceptors (Lipinski definition) is 4. The highest BCUT2D eigenvalue weighted by Crippen LogP contribution is 2.50. The first-order valence-corrected chi connectivity index (χ1v) is 13.0. The molecule has 3 atom stereocenters. The van der Waals surface area contributed by atoms with Crippen LogP contribution in [0.5, 0.6) is 0 Å². The molecule has 33 heavy (non-hydrogen) atoms. The summed E-state index contributed by atoms with van der Waals surface area (Å²) in [6.07, 6.45) is 23.2. The summed E-state index contributed by atoms with van der Waals surface area (Å²) in [5.41, 5.74) is 2.08. The lowest BCUT2D eigenvalue weighted by atomic mass is 9.88. The van der Waals surface area contributed by atoms with Crippen molar-refractivity contribution in [3.8, 4) is 0 Å². The molecule has 0 aromatic heterocycles. The summed E-state index contributed by atoms with van der Waals surface area (Å²) in [5.74, 6) is 1.18. The zero-order valence-corrected chi connectivity index (χ0v) is 20.2. The predicted molar refractivity (Wildman–Crippen MR) is 139 cm³/mol. The maximum atomic E-state index is 6.52. The highest BCUT2D eigenvalue weighted by molar-refractivity contribution is 8.04. The third kappa shape index (κ3) is 5.46. The van der Waals surface area contributed by atoms with Crippen LogP contribution < -0.4 is 0 Å². The molecule has 0 amide bonds. The predicted octanol–water partition coefficient (Wildman–Crippen LogP) is 6.50. The summed E-state index contributed by atoms with van der Waals surface area (Å²) in [5, 5.41) is 1.38. The van der Waals surface area contributed by atoms with Gasteiger partial charge in [-0.05, 0) is 62.7 Å². The van der Waals surface area contributed by atoms with Crippen molar-refractivity contribution in [1.82, 2.24) is 4.90 Å². The smallest absolute Gasteiger partial charge is 0.165 e. The Balaban J connectivity index is 1.27. The first-order valence-electron chi connectivity index (χ1n) is 12.1. The Bertz CT molecular complexity index is 1010. The minimum atomic E-state index is -0.420.